The molecule has 24 heavy (non-hydrogen) atoms. The maximum absolute atomic E-state index is 10.2. The molecule has 2 aromatic carbocycles. The SMILES string of the molecule is COc1cc(C=CC(=O)O)ccc1O.O=C(O)c1ccc(O)cc1. The molecule has 2 rings (SSSR count). The summed E-state index contributed by atoms with van der Waals surface area (Å²) < 4.78 is 4.86. The van der Waals surface area contributed by atoms with Gasteiger partial charge in [-0.3, -0.25) is 0 Å². The molecule has 0 atom stereocenters. The van der Waals surface area contributed by atoms with Gasteiger partial charge in [0.15, 0.2) is 11.5 Å². The number of hydrogen-bond donors (Lipinski definition) is 4. The summed E-state index contributed by atoms with van der Waals surface area (Å²) in [6.45, 7) is 0. The molecule has 0 heterocycles. The zero-order chi connectivity index (χ0) is 18.1. The van der Waals surface area contributed by atoms with Gasteiger partial charge in [-0.15, -0.1) is 0 Å². The number of aromatic carboxylic acids is 1. The Bertz CT molecular complexity index is 733. The zero-order valence-corrected chi connectivity index (χ0v) is 12.7. The summed E-state index contributed by atoms with van der Waals surface area (Å²) in [6.07, 6.45) is 2.44. The molecule has 0 amide bonds. The van der Waals surface area contributed by atoms with E-state index in [0.29, 0.717) is 11.3 Å². The van der Waals surface area contributed by atoms with E-state index in [1.54, 1.807) is 12.1 Å². The van der Waals surface area contributed by atoms with E-state index >= 15 is 0 Å². The normalized spacial score (nSPS) is 9.88. The van der Waals surface area contributed by atoms with Gasteiger partial charge in [0.2, 0.25) is 0 Å². The molecule has 4 N–H and O–H groups in total. The number of rotatable bonds is 4. The van der Waals surface area contributed by atoms with Crippen molar-refractivity contribution in [1.29, 1.82) is 0 Å². The standard InChI is InChI=1S/C10H10O4.C7H6O3/c1-14-9-6-7(2-4-8(9)11)3-5-10(12)13;8-6-3-1-5(2-4-6)7(9)10/h2-6,11H,1H3,(H,12,13);1-4,8H,(H,9,10). The lowest BCUT2D eigenvalue weighted by Gasteiger charge is -2.03. The van der Waals surface area contributed by atoms with Gasteiger partial charge < -0.3 is 25.2 Å². The molecule has 0 unspecified atom stereocenters. The Hall–Kier alpha value is -3.48. The Morgan fingerprint density at radius 3 is 2.12 bits per heavy atom. The predicted octanol–water partition coefficient (Wildman–Crippen LogP) is 2.59. The highest BCUT2D eigenvalue weighted by molar-refractivity contribution is 5.87. The topological polar surface area (TPSA) is 124 Å². The van der Waals surface area contributed by atoms with Crippen molar-refractivity contribution in [1.82, 2.24) is 0 Å². The molecule has 0 bridgehead atoms. The summed E-state index contributed by atoms with van der Waals surface area (Å²) in [6, 6.07) is 9.95. The van der Waals surface area contributed by atoms with E-state index in [9.17, 15) is 14.7 Å². The van der Waals surface area contributed by atoms with Crippen LogP contribution >= 0.6 is 0 Å². The van der Waals surface area contributed by atoms with E-state index in [-0.39, 0.29) is 17.1 Å². The van der Waals surface area contributed by atoms with Gasteiger partial charge in [-0.2, -0.15) is 0 Å². The van der Waals surface area contributed by atoms with E-state index in [4.69, 9.17) is 20.1 Å². The Morgan fingerprint density at radius 1 is 1.00 bits per heavy atom. The van der Waals surface area contributed by atoms with Gasteiger partial charge in [0, 0.05) is 6.08 Å². The molecule has 2 aromatic rings. The molecule has 0 spiro atoms. The molecule has 0 fully saturated rings. The number of carboxylic acids is 2. The molecule has 126 valence electrons. The Morgan fingerprint density at radius 2 is 1.62 bits per heavy atom. The van der Waals surface area contributed by atoms with Crippen molar-refractivity contribution in [3.05, 3.63) is 59.7 Å². The van der Waals surface area contributed by atoms with Crippen LogP contribution in [0.3, 0.4) is 0 Å². The predicted molar refractivity (Wildman–Crippen MR) is 86.4 cm³/mol. The number of carbonyl (C=O) groups is 2. The van der Waals surface area contributed by atoms with Crippen molar-refractivity contribution in [3.63, 3.8) is 0 Å². The van der Waals surface area contributed by atoms with E-state index in [1.807, 2.05) is 0 Å². The van der Waals surface area contributed by atoms with Crippen LogP contribution in [0.4, 0.5) is 0 Å². The maximum atomic E-state index is 10.2. The van der Waals surface area contributed by atoms with Crippen LogP contribution in [0.25, 0.3) is 6.08 Å². The third-order valence-corrected chi connectivity index (χ3v) is 2.74. The molecule has 0 radical (unpaired) electrons. The first kappa shape index (κ1) is 18.6. The van der Waals surface area contributed by atoms with Gasteiger partial charge in [-0.05, 0) is 48.0 Å². The number of aliphatic carboxylic acids is 1. The van der Waals surface area contributed by atoms with Crippen molar-refractivity contribution in [2.45, 2.75) is 0 Å². The van der Waals surface area contributed by atoms with E-state index in [1.165, 1.54) is 43.5 Å². The van der Waals surface area contributed by atoms with E-state index < -0.39 is 11.9 Å². The quantitative estimate of drug-likeness (QED) is 0.634. The molecule has 0 aromatic heterocycles. The third-order valence-electron chi connectivity index (χ3n) is 2.74. The summed E-state index contributed by atoms with van der Waals surface area (Å²) in [4.78, 5) is 20.5. The van der Waals surface area contributed by atoms with Crippen molar-refractivity contribution < 1.29 is 34.8 Å². The second kappa shape index (κ2) is 8.84. The first-order valence-electron chi connectivity index (χ1n) is 6.64. The fourth-order valence-electron chi connectivity index (χ4n) is 1.57. The molecule has 0 aliphatic carbocycles. The molecular formula is C17H16O7. The van der Waals surface area contributed by atoms with Crippen LogP contribution in [0.1, 0.15) is 15.9 Å². The summed E-state index contributed by atoms with van der Waals surface area (Å²) in [5.41, 5.74) is 0.833. The zero-order valence-electron chi connectivity index (χ0n) is 12.7. The number of carboxylic acid groups (broad SMARTS) is 2. The molecule has 0 aliphatic rings. The fraction of sp³-hybridized carbons (Fsp3) is 0.0588. The minimum absolute atomic E-state index is 0.0278. The summed E-state index contributed by atoms with van der Waals surface area (Å²) in [5, 5.41) is 34.8. The second-order valence-electron chi connectivity index (χ2n) is 4.45. The molecule has 7 nitrogen and oxygen atoms in total. The summed E-state index contributed by atoms with van der Waals surface area (Å²) in [5.74, 6) is -1.58. The van der Waals surface area contributed by atoms with E-state index in [0.717, 1.165) is 6.08 Å². The van der Waals surface area contributed by atoms with Crippen molar-refractivity contribution in [2.24, 2.45) is 0 Å². The number of ether oxygens (including phenoxy) is 1. The second-order valence-corrected chi connectivity index (χ2v) is 4.45. The number of hydrogen-bond acceptors (Lipinski definition) is 5. The van der Waals surface area contributed by atoms with Crippen LogP contribution in [-0.2, 0) is 4.79 Å². The highest BCUT2D eigenvalue weighted by Gasteiger charge is 2.00. The lowest BCUT2D eigenvalue weighted by atomic mass is 10.2. The molecule has 0 saturated heterocycles. The number of benzene rings is 2. The van der Waals surface area contributed by atoms with Crippen molar-refractivity contribution >= 4 is 18.0 Å². The number of methoxy groups -OCH3 is 1. The van der Waals surface area contributed by atoms with Gasteiger partial charge in [0.1, 0.15) is 5.75 Å². The molecule has 7 heteroatoms. The molecule has 0 aliphatic heterocycles. The fourth-order valence-corrected chi connectivity index (χ4v) is 1.57. The first-order chi connectivity index (χ1) is 11.3. The van der Waals surface area contributed by atoms with Gasteiger partial charge in [-0.25, -0.2) is 9.59 Å². The third kappa shape index (κ3) is 6.10. The van der Waals surface area contributed by atoms with Crippen LogP contribution < -0.4 is 4.74 Å². The largest absolute Gasteiger partial charge is 0.508 e. The monoisotopic (exact) mass is 332 g/mol. The first-order valence-corrected chi connectivity index (χ1v) is 6.64. The van der Waals surface area contributed by atoms with Crippen molar-refractivity contribution in [3.8, 4) is 17.2 Å². The van der Waals surface area contributed by atoms with Crippen LogP contribution in [0.15, 0.2) is 48.5 Å². The minimum Gasteiger partial charge on any atom is -0.508 e. The summed E-state index contributed by atoms with van der Waals surface area (Å²) >= 11 is 0. The van der Waals surface area contributed by atoms with Crippen LogP contribution in [0.5, 0.6) is 17.2 Å². The lowest BCUT2D eigenvalue weighted by Crippen LogP contribution is -1.93. The van der Waals surface area contributed by atoms with Crippen LogP contribution in [0.2, 0.25) is 0 Å². The molecule has 0 saturated carbocycles. The average Bonchev–Trinajstić information content (AvgIpc) is 2.55. The van der Waals surface area contributed by atoms with Crippen LogP contribution in [-0.4, -0.2) is 39.5 Å². The Labute approximate surface area is 137 Å². The van der Waals surface area contributed by atoms with Gasteiger partial charge >= 0.3 is 11.9 Å². The van der Waals surface area contributed by atoms with Crippen LogP contribution in [0, 0.1) is 0 Å². The highest BCUT2D eigenvalue weighted by atomic mass is 16.5. The molecular weight excluding hydrogens is 316 g/mol. The number of aromatic hydroxyl groups is 2. The minimum atomic E-state index is -1.02. The van der Waals surface area contributed by atoms with Gasteiger partial charge in [-0.1, -0.05) is 6.07 Å². The Kier molecular flexibility index (Phi) is 6.84. The van der Waals surface area contributed by atoms with Crippen molar-refractivity contribution in [2.75, 3.05) is 7.11 Å². The number of phenolic OH excluding ortho intramolecular Hbond substituents is 2. The Balaban J connectivity index is 0.000000254. The average molecular weight is 332 g/mol. The highest BCUT2D eigenvalue weighted by Crippen LogP contribution is 2.26. The maximum Gasteiger partial charge on any atom is 0.335 e. The lowest BCUT2D eigenvalue weighted by molar-refractivity contribution is -0.131. The van der Waals surface area contributed by atoms with Gasteiger partial charge in [0.25, 0.3) is 0 Å². The smallest absolute Gasteiger partial charge is 0.335 e. The van der Waals surface area contributed by atoms with E-state index in [2.05, 4.69) is 0 Å². The number of phenols is 2. The summed E-state index contributed by atoms with van der Waals surface area (Å²) in [7, 11) is 1.43. The van der Waals surface area contributed by atoms with Gasteiger partial charge in [0.05, 0.1) is 12.7 Å².